The van der Waals surface area contributed by atoms with Crippen molar-refractivity contribution in [2.75, 3.05) is 4.72 Å². The van der Waals surface area contributed by atoms with Gasteiger partial charge in [-0.2, -0.15) is 0 Å². The lowest BCUT2D eigenvalue weighted by atomic mass is 10.2. The van der Waals surface area contributed by atoms with Crippen molar-refractivity contribution >= 4 is 27.7 Å². The third-order valence-electron chi connectivity index (χ3n) is 3.07. The molecule has 0 unspecified atom stereocenters. The van der Waals surface area contributed by atoms with Crippen molar-refractivity contribution in [3.63, 3.8) is 0 Å². The van der Waals surface area contributed by atoms with Crippen LogP contribution in [0.4, 0.5) is 5.69 Å². The van der Waals surface area contributed by atoms with Crippen molar-refractivity contribution in [2.24, 2.45) is 0 Å². The molecule has 0 aliphatic heterocycles. The third-order valence-corrected chi connectivity index (χ3v) is 4.45. The van der Waals surface area contributed by atoms with E-state index in [1.165, 1.54) is 35.8 Å². The number of aliphatic hydroxyl groups excluding tert-OH is 1. The number of anilines is 1. The van der Waals surface area contributed by atoms with E-state index in [0.29, 0.717) is 16.8 Å². The Kier molecular flexibility index (Phi) is 5.69. The fraction of sp³-hybridized carbons (Fsp3) is 0.0625. The lowest BCUT2D eigenvalue weighted by molar-refractivity contribution is -0.124. The monoisotopic (exact) mass is 348 g/mol. The van der Waals surface area contributed by atoms with Crippen LogP contribution < -0.4 is 10.2 Å². The topological polar surface area (TPSA) is 116 Å². The third kappa shape index (κ3) is 4.66. The van der Waals surface area contributed by atoms with Gasteiger partial charge in [-0.15, -0.1) is 0 Å². The molecule has 0 atom stereocenters. The Morgan fingerprint density at radius 1 is 1.12 bits per heavy atom. The van der Waals surface area contributed by atoms with E-state index in [2.05, 4.69) is 4.72 Å². The number of carbonyl (C=O) groups excluding carboxylic acids is 1. The Morgan fingerprint density at radius 3 is 2.58 bits per heavy atom. The summed E-state index contributed by atoms with van der Waals surface area (Å²) in [6.07, 6.45) is 2.45. The summed E-state index contributed by atoms with van der Waals surface area (Å²) in [7, 11) is -3.82. The summed E-state index contributed by atoms with van der Waals surface area (Å²) in [4.78, 5) is 11.0. The second kappa shape index (κ2) is 7.73. The lowest BCUT2D eigenvalue weighted by Gasteiger charge is -2.09. The van der Waals surface area contributed by atoms with Gasteiger partial charge in [0.2, 0.25) is 0 Å². The first kappa shape index (κ1) is 17.7. The first-order valence-electron chi connectivity index (χ1n) is 6.89. The van der Waals surface area contributed by atoms with Crippen LogP contribution in [0.25, 0.3) is 6.08 Å². The predicted octanol–water partition coefficient (Wildman–Crippen LogP) is 1.50. The molecule has 0 aliphatic rings. The van der Waals surface area contributed by atoms with Crippen molar-refractivity contribution in [3.05, 3.63) is 65.7 Å². The number of carbonyl (C=O) groups is 1. The minimum atomic E-state index is -3.82. The number of benzene rings is 2. The number of rotatable bonds is 6. The molecule has 4 N–H and O–H groups in total. The fourth-order valence-electron chi connectivity index (χ4n) is 1.94. The van der Waals surface area contributed by atoms with Gasteiger partial charge in [0.15, 0.2) is 0 Å². The van der Waals surface area contributed by atoms with E-state index in [1.807, 2.05) is 0 Å². The van der Waals surface area contributed by atoms with Crippen molar-refractivity contribution in [3.8, 4) is 0 Å². The standard InChI is InChI=1S/C16H16N2O5S/c19-11-13-4-1-5-14(9-13)18-24(22,23)15-6-2-3-12(10-15)7-8-16(20)17-21/h1-10,18-19,21H,11H2,(H,17,20)/b8-7+. The van der Waals surface area contributed by atoms with Crippen LogP contribution in [0.1, 0.15) is 11.1 Å². The summed E-state index contributed by atoms with van der Waals surface area (Å²) in [5, 5.41) is 17.5. The maximum atomic E-state index is 12.4. The summed E-state index contributed by atoms with van der Waals surface area (Å²) >= 11 is 0. The maximum Gasteiger partial charge on any atom is 0.267 e. The normalized spacial score (nSPS) is 11.4. The van der Waals surface area contributed by atoms with Gasteiger partial charge in [0, 0.05) is 11.8 Å². The number of aliphatic hydroxyl groups is 1. The minimum absolute atomic E-state index is 0.0171. The lowest BCUT2D eigenvalue weighted by Crippen LogP contribution is -2.15. The van der Waals surface area contributed by atoms with E-state index in [9.17, 15) is 13.2 Å². The molecule has 0 aromatic heterocycles. The van der Waals surface area contributed by atoms with Crippen LogP contribution in [0.15, 0.2) is 59.5 Å². The molecule has 0 aliphatic carbocycles. The van der Waals surface area contributed by atoms with Crippen LogP contribution in [0, 0.1) is 0 Å². The van der Waals surface area contributed by atoms with Crippen molar-refractivity contribution in [1.82, 2.24) is 5.48 Å². The van der Waals surface area contributed by atoms with E-state index >= 15 is 0 Å². The van der Waals surface area contributed by atoms with Gasteiger partial charge >= 0.3 is 0 Å². The molecule has 7 nitrogen and oxygen atoms in total. The molecule has 2 aromatic carbocycles. The molecule has 0 bridgehead atoms. The number of sulfonamides is 1. The molecule has 0 saturated heterocycles. The highest BCUT2D eigenvalue weighted by Crippen LogP contribution is 2.18. The van der Waals surface area contributed by atoms with Gasteiger partial charge < -0.3 is 5.11 Å². The van der Waals surface area contributed by atoms with Gasteiger partial charge in [-0.25, -0.2) is 13.9 Å². The highest BCUT2D eigenvalue weighted by molar-refractivity contribution is 7.92. The molecular formula is C16H16N2O5S. The number of nitrogens with one attached hydrogen (secondary N) is 2. The number of hydrogen-bond acceptors (Lipinski definition) is 5. The highest BCUT2D eigenvalue weighted by Gasteiger charge is 2.14. The van der Waals surface area contributed by atoms with Gasteiger partial charge in [-0.05, 0) is 41.5 Å². The fourth-order valence-corrected chi connectivity index (χ4v) is 3.05. The number of hydrogen-bond donors (Lipinski definition) is 4. The molecular weight excluding hydrogens is 332 g/mol. The summed E-state index contributed by atoms with van der Waals surface area (Å²) in [5.74, 6) is -0.720. The van der Waals surface area contributed by atoms with E-state index in [1.54, 1.807) is 24.3 Å². The quantitative estimate of drug-likeness (QED) is 0.359. The number of hydroxylamine groups is 1. The van der Waals surface area contributed by atoms with Crippen molar-refractivity contribution in [2.45, 2.75) is 11.5 Å². The van der Waals surface area contributed by atoms with Crippen molar-refractivity contribution < 1.29 is 23.5 Å². The summed E-state index contributed by atoms with van der Waals surface area (Å²) in [5.41, 5.74) is 2.84. The van der Waals surface area contributed by atoms with Crippen LogP contribution in [0.3, 0.4) is 0 Å². The van der Waals surface area contributed by atoms with Crippen molar-refractivity contribution in [1.29, 1.82) is 0 Å². The van der Waals surface area contributed by atoms with Gasteiger partial charge in [-0.1, -0.05) is 24.3 Å². The summed E-state index contributed by atoms with van der Waals surface area (Å²) < 4.78 is 27.3. The zero-order valence-electron chi connectivity index (χ0n) is 12.5. The first-order valence-corrected chi connectivity index (χ1v) is 8.38. The van der Waals surface area contributed by atoms with Crippen LogP contribution in [0.5, 0.6) is 0 Å². The zero-order chi connectivity index (χ0) is 17.6. The average Bonchev–Trinajstić information content (AvgIpc) is 2.59. The Hall–Kier alpha value is -2.68. The van der Waals surface area contributed by atoms with Gasteiger partial charge in [-0.3, -0.25) is 14.7 Å². The molecule has 0 spiro atoms. The second-order valence-electron chi connectivity index (χ2n) is 4.85. The average molecular weight is 348 g/mol. The Balaban J connectivity index is 2.25. The molecule has 0 saturated carbocycles. The zero-order valence-corrected chi connectivity index (χ0v) is 13.3. The van der Waals surface area contributed by atoms with Crippen LogP contribution >= 0.6 is 0 Å². The molecule has 0 fully saturated rings. The Bertz CT molecular complexity index is 862. The SMILES string of the molecule is O=C(/C=C/c1cccc(S(=O)(=O)Nc2cccc(CO)c2)c1)NO. The smallest absolute Gasteiger partial charge is 0.267 e. The number of amides is 1. The second-order valence-corrected chi connectivity index (χ2v) is 6.53. The van der Waals surface area contributed by atoms with Crippen LogP contribution in [0.2, 0.25) is 0 Å². The van der Waals surface area contributed by atoms with Gasteiger partial charge in [0.05, 0.1) is 11.5 Å². The highest BCUT2D eigenvalue weighted by atomic mass is 32.2. The largest absolute Gasteiger partial charge is 0.392 e. The predicted molar refractivity (Wildman–Crippen MR) is 88.6 cm³/mol. The van der Waals surface area contributed by atoms with Crippen LogP contribution in [-0.2, 0) is 21.4 Å². The Labute approximate surface area is 139 Å². The van der Waals surface area contributed by atoms with E-state index in [0.717, 1.165) is 6.08 Å². The van der Waals surface area contributed by atoms with E-state index in [4.69, 9.17) is 10.3 Å². The molecule has 2 rings (SSSR count). The Morgan fingerprint density at radius 2 is 1.88 bits per heavy atom. The molecule has 2 aromatic rings. The van der Waals surface area contributed by atoms with Gasteiger partial charge in [0.1, 0.15) is 0 Å². The summed E-state index contributed by atoms with van der Waals surface area (Å²) in [6, 6.07) is 12.4. The van der Waals surface area contributed by atoms with Crippen LogP contribution in [-0.4, -0.2) is 24.6 Å². The molecule has 0 heterocycles. The molecule has 126 valence electrons. The van der Waals surface area contributed by atoms with E-state index < -0.39 is 15.9 Å². The minimum Gasteiger partial charge on any atom is -0.392 e. The maximum absolute atomic E-state index is 12.4. The van der Waals surface area contributed by atoms with E-state index in [-0.39, 0.29) is 11.5 Å². The molecule has 8 heteroatoms. The summed E-state index contributed by atoms with van der Waals surface area (Å²) in [6.45, 7) is -0.192. The first-order chi connectivity index (χ1) is 11.4. The molecule has 1 amide bonds. The van der Waals surface area contributed by atoms with Gasteiger partial charge in [0.25, 0.3) is 15.9 Å². The molecule has 24 heavy (non-hydrogen) atoms. The molecule has 0 radical (unpaired) electrons.